The summed E-state index contributed by atoms with van der Waals surface area (Å²) < 4.78 is 20.5. The van der Waals surface area contributed by atoms with Crippen LogP contribution in [0.2, 0.25) is 0 Å². The monoisotopic (exact) mass is 1010 g/mol. The number of thiazole rings is 1. The predicted octanol–water partition coefficient (Wildman–Crippen LogP) is 5.70. The van der Waals surface area contributed by atoms with E-state index < -0.39 is 29.5 Å². The predicted molar refractivity (Wildman–Crippen MR) is 274 cm³/mol. The van der Waals surface area contributed by atoms with E-state index in [1.807, 2.05) is 18.3 Å². The fourth-order valence-electron chi connectivity index (χ4n) is 13.2. The molecule has 8 aliphatic rings. The molecule has 384 valence electrons. The first-order valence-electron chi connectivity index (χ1n) is 26.6. The van der Waals surface area contributed by atoms with Crippen LogP contribution >= 0.6 is 11.3 Å². The normalized spacial score (nSPS) is 29.1. The first kappa shape index (κ1) is 47.5. The number of amides is 2. The maximum absolute atomic E-state index is 15.5. The van der Waals surface area contributed by atoms with Crippen molar-refractivity contribution in [2.24, 2.45) is 17.3 Å². The van der Waals surface area contributed by atoms with Gasteiger partial charge in [-0.25, -0.2) is 20.4 Å². The van der Waals surface area contributed by atoms with E-state index in [9.17, 15) is 9.59 Å². The SMILES string of the molecule is CO[C@@H](C)c1ncccc1-c1c2c3cc(ccc3n1C1CN(C3CC3)C1)-c1csc(n1)[C@@H](N1CC3(CCN3C3COC3)C1)[C@H](NC(=O)[C@@H]1[C@@H](C)[C@H]1c1ccncn1)C(=O)N1CCC[C@H](N1)C(=O)OCC(C)(C)C2. The summed E-state index contributed by atoms with van der Waals surface area (Å²) in [6, 6.07) is 11.8. The highest BCUT2D eigenvalue weighted by Gasteiger charge is 2.60. The molecule has 6 aliphatic heterocycles. The zero-order valence-corrected chi connectivity index (χ0v) is 43.4. The Morgan fingerprint density at radius 1 is 1.00 bits per heavy atom. The highest BCUT2D eigenvalue weighted by Crippen LogP contribution is 2.54. The molecule has 0 unspecified atom stereocenters. The summed E-state index contributed by atoms with van der Waals surface area (Å²) in [5.41, 5.74) is 10.8. The minimum Gasteiger partial charge on any atom is -0.464 e. The van der Waals surface area contributed by atoms with Crippen LogP contribution in [0.5, 0.6) is 0 Å². The van der Waals surface area contributed by atoms with Crippen molar-refractivity contribution < 1.29 is 28.6 Å². The fraction of sp³-hybridized carbons (Fsp3) is 0.582. The first-order chi connectivity index (χ1) is 35.4. The van der Waals surface area contributed by atoms with Crippen molar-refractivity contribution in [2.45, 2.75) is 120 Å². The number of hydrogen-bond donors (Lipinski definition) is 2. The van der Waals surface area contributed by atoms with Crippen LogP contribution in [0.4, 0.5) is 0 Å². The number of carbonyl (C=O) groups is 3. The van der Waals surface area contributed by atoms with E-state index in [0.29, 0.717) is 37.9 Å². The molecule has 2 saturated carbocycles. The largest absolute Gasteiger partial charge is 0.464 e. The van der Waals surface area contributed by atoms with Gasteiger partial charge in [-0.2, -0.15) is 0 Å². The molecule has 7 fully saturated rings. The number of hydrogen-bond acceptors (Lipinski definition) is 15. The second kappa shape index (κ2) is 18.3. The van der Waals surface area contributed by atoms with Crippen molar-refractivity contribution in [3.05, 3.63) is 82.5 Å². The molecule has 1 spiro atoms. The summed E-state index contributed by atoms with van der Waals surface area (Å²) in [5.74, 6) is -1.33. The van der Waals surface area contributed by atoms with Gasteiger partial charge in [0.15, 0.2) is 0 Å². The Bertz CT molecular complexity index is 2940. The number of fused-ring (bicyclic) bond motifs is 6. The number of esters is 1. The van der Waals surface area contributed by atoms with Gasteiger partial charge in [-0.05, 0) is 87.3 Å². The topological polar surface area (TPSA) is 172 Å². The van der Waals surface area contributed by atoms with E-state index >= 15 is 4.79 Å². The molecule has 4 aromatic heterocycles. The Morgan fingerprint density at radius 2 is 1.84 bits per heavy atom. The van der Waals surface area contributed by atoms with Gasteiger partial charge in [0.05, 0.1) is 61.1 Å². The Kier molecular flexibility index (Phi) is 11.9. The van der Waals surface area contributed by atoms with Gasteiger partial charge in [-0.15, -0.1) is 11.3 Å². The molecule has 6 bridgehead atoms. The molecule has 73 heavy (non-hydrogen) atoms. The molecule has 2 aliphatic carbocycles. The van der Waals surface area contributed by atoms with Gasteiger partial charge in [-0.1, -0.05) is 26.8 Å². The van der Waals surface area contributed by atoms with Gasteiger partial charge in [0.25, 0.3) is 5.91 Å². The van der Waals surface area contributed by atoms with Crippen molar-refractivity contribution in [2.75, 3.05) is 66.2 Å². The lowest BCUT2D eigenvalue weighted by atomic mass is 9.74. The third-order valence-electron chi connectivity index (χ3n) is 17.7. The quantitative estimate of drug-likeness (QED) is 0.163. The fourth-order valence-corrected chi connectivity index (χ4v) is 14.2. The summed E-state index contributed by atoms with van der Waals surface area (Å²) in [7, 11) is 1.73. The second-order valence-electron chi connectivity index (χ2n) is 23.2. The molecule has 5 saturated heterocycles. The summed E-state index contributed by atoms with van der Waals surface area (Å²) in [6.07, 6.45) is 10.1. The van der Waals surface area contributed by atoms with Crippen LogP contribution in [-0.2, 0) is 35.0 Å². The molecule has 7 atom stereocenters. The van der Waals surface area contributed by atoms with Gasteiger partial charge < -0.3 is 24.1 Å². The van der Waals surface area contributed by atoms with E-state index in [-0.39, 0.29) is 53.9 Å². The molecule has 2 amide bonds. The Hall–Kier alpha value is -5.21. The van der Waals surface area contributed by atoms with Crippen LogP contribution in [0.15, 0.2) is 60.5 Å². The summed E-state index contributed by atoms with van der Waals surface area (Å²) >= 11 is 1.54. The molecule has 10 heterocycles. The number of nitrogens with zero attached hydrogens (tertiary/aromatic N) is 9. The standard InChI is InChI=1S/C55H67N11O6S/c1-31-44(40-14-17-56-30-58-40)45(31)50(67)60-47-49(63-27-55(28-63)15-19-64(55)36-24-71-25-36)51-59-42(26-73-51)33-10-13-43-38(20-33)39(21-54(3,4)29-72-53(69)41-9-7-18-65(61-41)52(47)68)48(37-8-6-16-57-46(37)32(2)70-5)66(43)35-22-62(23-35)34-11-12-34/h6,8,10,13-14,16-17,20,26,30-32,34-36,41,44-45,47,49,61H,7,9,11-12,15,18-19,21-25,27-29H2,1-5H3,(H,60,67)/t31-,32-,41-,44-,45+,47-,49-/m0/s1. The number of ether oxygens (including phenoxy) is 3. The second-order valence-corrected chi connectivity index (χ2v) is 24.0. The zero-order chi connectivity index (χ0) is 49.9. The van der Waals surface area contributed by atoms with Crippen molar-refractivity contribution in [3.8, 4) is 22.5 Å². The van der Waals surface area contributed by atoms with Crippen molar-refractivity contribution in [1.29, 1.82) is 0 Å². The Balaban J connectivity index is 0.945. The third kappa shape index (κ3) is 8.30. The zero-order valence-electron chi connectivity index (χ0n) is 42.5. The highest BCUT2D eigenvalue weighted by molar-refractivity contribution is 7.10. The number of pyridine rings is 1. The Morgan fingerprint density at radius 3 is 2.56 bits per heavy atom. The number of benzene rings is 1. The minimum absolute atomic E-state index is 0.0229. The molecule has 18 heteroatoms. The number of carbonyl (C=O) groups excluding carboxylic acids is 3. The first-order valence-corrected chi connectivity index (χ1v) is 27.5. The number of cyclic esters (lactones) is 1. The van der Waals surface area contributed by atoms with E-state index in [0.717, 1.165) is 102 Å². The minimum atomic E-state index is -1.02. The van der Waals surface area contributed by atoms with Gasteiger partial charge >= 0.3 is 5.97 Å². The summed E-state index contributed by atoms with van der Waals surface area (Å²) in [4.78, 5) is 71.3. The maximum atomic E-state index is 15.5. The van der Waals surface area contributed by atoms with Crippen LogP contribution in [-0.4, -0.2) is 158 Å². The smallest absolute Gasteiger partial charge is 0.324 e. The molecule has 0 radical (unpaired) electrons. The van der Waals surface area contributed by atoms with Gasteiger partial charge in [-0.3, -0.25) is 39.1 Å². The summed E-state index contributed by atoms with van der Waals surface area (Å²) in [5, 5.41) is 8.93. The van der Waals surface area contributed by atoms with Crippen LogP contribution < -0.4 is 10.7 Å². The van der Waals surface area contributed by atoms with E-state index in [1.165, 1.54) is 24.7 Å². The molecule has 5 aromatic rings. The number of methoxy groups -OCH3 is 1. The lowest BCUT2D eigenvalue weighted by Gasteiger charge is -2.67. The maximum Gasteiger partial charge on any atom is 0.324 e. The number of hydrazine groups is 1. The lowest BCUT2D eigenvalue weighted by Crippen LogP contribution is -2.81. The van der Waals surface area contributed by atoms with Gasteiger partial charge in [0, 0.05) is 121 Å². The molecular weight excluding hydrogens is 943 g/mol. The molecule has 2 N–H and O–H groups in total. The number of rotatable bonds is 10. The van der Waals surface area contributed by atoms with Crippen LogP contribution in [0.3, 0.4) is 0 Å². The number of likely N-dealkylation sites (tertiary alicyclic amines) is 3. The van der Waals surface area contributed by atoms with Gasteiger partial charge in [0.2, 0.25) is 5.91 Å². The van der Waals surface area contributed by atoms with Gasteiger partial charge in [0.1, 0.15) is 23.4 Å². The van der Waals surface area contributed by atoms with Crippen LogP contribution in [0.25, 0.3) is 33.4 Å². The van der Waals surface area contributed by atoms with E-state index in [1.54, 1.807) is 29.7 Å². The lowest BCUT2D eigenvalue weighted by molar-refractivity contribution is -0.204. The van der Waals surface area contributed by atoms with Crippen molar-refractivity contribution in [3.63, 3.8) is 0 Å². The molecular formula is C55H67N11O6S. The molecule has 17 nitrogen and oxygen atoms in total. The number of nitrogens with one attached hydrogen (secondary N) is 2. The van der Waals surface area contributed by atoms with Crippen molar-refractivity contribution in [1.82, 2.24) is 55.0 Å². The third-order valence-corrected chi connectivity index (χ3v) is 18.6. The number of aromatic nitrogens is 5. The highest BCUT2D eigenvalue weighted by atomic mass is 32.1. The summed E-state index contributed by atoms with van der Waals surface area (Å²) in [6.45, 7) is 14.9. The molecule has 1 aromatic carbocycles. The van der Waals surface area contributed by atoms with E-state index in [4.69, 9.17) is 24.2 Å². The van der Waals surface area contributed by atoms with Crippen LogP contribution in [0.1, 0.15) is 106 Å². The van der Waals surface area contributed by atoms with E-state index in [2.05, 4.69) is 97.3 Å². The average Bonchev–Trinajstić information content (AvgIpc) is 4.23. The van der Waals surface area contributed by atoms with Crippen molar-refractivity contribution >= 4 is 40.0 Å². The van der Waals surface area contributed by atoms with Crippen LogP contribution in [0, 0.1) is 17.3 Å². The average molecular weight is 1010 g/mol. The molecule has 13 rings (SSSR count). The Labute approximate surface area is 430 Å².